The maximum atomic E-state index is 4.75. The Hall–Kier alpha value is -4.20. The SMILES string of the molecule is Cn1cc(-c2ccc3c(N4CC5CC4CN(c4ncc(Cc6ccccc6)cn4)C5)cnn3c2)cn1. The minimum Gasteiger partial charge on any atom is -0.363 e. The second kappa shape index (κ2) is 8.48. The highest BCUT2D eigenvalue weighted by Crippen LogP contribution is 2.37. The summed E-state index contributed by atoms with van der Waals surface area (Å²) < 4.78 is 3.82. The van der Waals surface area contributed by atoms with E-state index in [4.69, 9.17) is 15.1 Å². The van der Waals surface area contributed by atoms with E-state index in [9.17, 15) is 0 Å². The van der Waals surface area contributed by atoms with Gasteiger partial charge in [0.25, 0.3) is 0 Å². The number of hydrogen-bond acceptors (Lipinski definition) is 6. The van der Waals surface area contributed by atoms with Gasteiger partial charge < -0.3 is 9.80 Å². The highest BCUT2D eigenvalue weighted by Gasteiger charge is 2.40. The Labute approximate surface area is 209 Å². The molecule has 36 heavy (non-hydrogen) atoms. The molecule has 8 heteroatoms. The fourth-order valence-corrected chi connectivity index (χ4v) is 5.79. The Morgan fingerprint density at radius 3 is 2.47 bits per heavy atom. The predicted octanol–water partition coefficient (Wildman–Crippen LogP) is 3.83. The van der Waals surface area contributed by atoms with Crippen LogP contribution in [0.2, 0.25) is 0 Å². The molecule has 0 aliphatic carbocycles. The van der Waals surface area contributed by atoms with Crippen molar-refractivity contribution in [2.24, 2.45) is 13.0 Å². The topological polar surface area (TPSA) is 67.4 Å². The van der Waals surface area contributed by atoms with Crippen LogP contribution in [0.1, 0.15) is 17.5 Å². The maximum absolute atomic E-state index is 4.75. The highest BCUT2D eigenvalue weighted by molar-refractivity contribution is 5.76. The van der Waals surface area contributed by atoms with Gasteiger partial charge in [0, 0.05) is 75.1 Å². The quantitative estimate of drug-likeness (QED) is 0.384. The Kier molecular flexibility index (Phi) is 4.97. The van der Waals surface area contributed by atoms with Gasteiger partial charge in [-0.25, -0.2) is 14.5 Å². The van der Waals surface area contributed by atoms with E-state index in [-0.39, 0.29) is 0 Å². The Bertz CT molecular complexity index is 1500. The molecule has 2 bridgehead atoms. The minimum atomic E-state index is 0.433. The zero-order chi connectivity index (χ0) is 24.1. The van der Waals surface area contributed by atoms with Crippen molar-refractivity contribution in [3.8, 4) is 11.1 Å². The normalized spacial score (nSPS) is 19.4. The van der Waals surface area contributed by atoms with Gasteiger partial charge in [-0.2, -0.15) is 10.2 Å². The molecule has 0 spiro atoms. The molecule has 2 saturated heterocycles. The first kappa shape index (κ1) is 21.1. The van der Waals surface area contributed by atoms with Crippen molar-refractivity contribution in [1.82, 2.24) is 29.4 Å². The monoisotopic (exact) mass is 476 g/mol. The van der Waals surface area contributed by atoms with Gasteiger partial charge in [-0.05, 0) is 29.5 Å². The molecule has 2 fully saturated rings. The van der Waals surface area contributed by atoms with E-state index in [1.807, 2.05) is 53.3 Å². The van der Waals surface area contributed by atoms with Crippen LogP contribution < -0.4 is 9.80 Å². The van der Waals surface area contributed by atoms with E-state index in [1.54, 1.807) is 0 Å². The smallest absolute Gasteiger partial charge is 0.225 e. The number of nitrogens with zero attached hydrogens (tertiary/aromatic N) is 8. The second-order valence-electron chi connectivity index (χ2n) is 10.0. The summed E-state index contributed by atoms with van der Waals surface area (Å²) in [5, 5.41) is 9.00. The van der Waals surface area contributed by atoms with Crippen LogP contribution in [0.5, 0.6) is 0 Å². The van der Waals surface area contributed by atoms with Gasteiger partial charge in [0.05, 0.1) is 23.6 Å². The standard InChI is InChI=1S/C28H28N8/c1-33-17-24(13-31-33)23-7-8-26-27(14-32-36(26)18-23)35-16-22-10-25(35)19-34(15-22)28-29-11-21(12-30-28)9-20-5-3-2-4-6-20/h2-8,11-14,17-18,22,25H,9-10,15-16,19H2,1H3. The van der Waals surface area contributed by atoms with Crippen molar-refractivity contribution in [2.45, 2.75) is 18.9 Å². The zero-order valence-corrected chi connectivity index (χ0v) is 20.3. The summed E-state index contributed by atoms with van der Waals surface area (Å²) in [5.74, 6) is 1.44. The molecule has 0 amide bonds. The molecular formula is C28H28N8. The third-order valence-electron chi connectivity index (χ3n) is 7.48. The van der Waals surface area contributed by atoms with E-state index < -0.39 is 0 Å². The summed E-state index contributed by atoms with van der Waals surface area (Å²) in [4.78, 5) is 14.4. The average molecular weight is 477 g/mol. The van der Waals surface area contributed by atoms with Crippen molar-refractivity contribution < 1.29 is 0 Å². The van der Waals surface area contributed by atoms with Crippen LogP contribution in [-0.2, 0) is 13.5 Å². The number of piperidine rings is 1. The Balaban J connectivity index is 1.09. The predicted molar refractivity (Wildman–Crippen MR) is 140 cm³/mol. The molecular weight excluding hydrogens is 448 g/mol. The molecule has 2 atom stereocenters. The molecule has 4 aromatic heterocycles. The van der Waals surface area contributed by atoms with Crippen LogP contribution in [0.25, 0.3) is 16.6 Å². The average Bonchev–Trinajstić information content (AvgIpc) is 3.61. The largest absolute Gasteiger partial charge is 0.363 e. The van der Waals surface area contributed by atoms with Crippen LogP contribution in [0.4, 0.5) is 11.6 Å². The summed E-state index contributed by atoms with van der Waals surface area (Å²) in [6.45, 7) is 2.97. The first-order valence-corrected chi connectivity index (χ1v) is 12.5. The number of benzene rings is 1. The van der Waals surface area contributed by atoms with Gasteiger partial charge in [-0.3, -0.25) is 4.68 Å². The number of aromatic nitrogens is 6. The van der Waals surface area contributed by atoms with Crippen LogP contribution in [0.15, 0.2) is 79.6 Å². The van der Waals surface area contributed by atoms with Crippen molar-refractivity contribution in [3.05, 3.63) is 90.8 Å². The van der Waals surface area contributed by atoms with Crippen LogP contribution >= 0.6 is 0 Å². The maximum Gasteiger partial charge on any atom is 0.225 e. The number of hydrogen-bond donors (Lipinski definition) is 0. The number of pyridine rings is 1. The molecule has 6 heterocycles. The van der Waals surface area contributed by atoms with Crippen LogP contribution in [0.3, 0.4) is 0 Å². The van der Waals surface area contributed by atoms with Crippen LogP contribution in [0, 0.1) is 5.92 Å². The lowest BCUT2D eigenvalue weighted by molar-refractivity contribution is 0.474. The summed E-state index contributed by atoms with van der Waals surface area (Å²) in [5.41, 5.74) is 6.98. The summed E-state index contributed by atoms with van der Waals surface area (Å²) in [6.07, 6.45) is 14.0. The second-order valence-corrected chi connectivity index (χ2v) is 10.0. The lowest BCUT2D eigenvalue weighted by atomic mass is 10.0. The first-order chi connectivity index (χ1) is 17.7. The number of aryl methyl sites for hydroxylation is 1. The van der Waals surface area contributed by atoms with E-state index in [0.29, 0.717) is 12.0 Å². The van der Waals surface area contributed by atoms with Gasteiger partial charge in [0.15, 0.2) is 0 Å². The molecule has 0 N–H and O–H groups in total. The first-order valence-electron chi connectivity index (χ1n) is 12.5. The molecule has 0 radical (unpaired) electrons. The van der Waals surface area contributed by atoms with Crippen molar-refractivity contribution in [3.63, 3.8) is 0 Å². The lowest BCUT2D eigenvalue weighted by Gasteiger charge is -2.33. The third kappa shape index (κ3) is 3.79. The van der Waals surface area contributed by atoms with Gasteiger partial charge in [0.1, 0.15) is 0 Å². The molecule has 1 aromatic carbocycles. The number of rotatable bonds is 5. The summed E-state index contributed by atoms with van der Waals surface area (Å²) in [7, 11) is 1.94. The molecule has 8 nitrogen and oxygen atoms in total. The zero-order valence-electron chi connectivity index (χ0n) is 20.3. The van der Waals surface area contributed by atoms with Crippen molar-refractivity contribution in [1.29, 1.82) is 0 Å². The highest BCUT2D eigenvalue weighted by atomic mass is 15.3. The van der Waals surface area contributed by atoms with E-state index in [2.05, 4.69) is 57.5 Å². The molecule has 2 unspecified atom stereocenters. The number of anilines is 2. The molecule has 180 valence electrons. The number of fused-ring (bicyclic) bond motifs is 3. The molecule has 2 aliphatic rings. The third-order valence-corrected chi connectivity index (χ3v) is 7.48. The minimum absolute atomic E-state index is 0.433. The van der Waals surface area contributed by atoms with Crippen LogP contribution in [-0.4, -0.2) is 55.0 Å². The van der Waals surface area contributed by atoms with E-state index in [1.165, 1.54) is 17.7 Å². The van der Waals surface area contributed by atoms with Gasteiger partial charge in [-0.15, -0.1) is 0 Å². The molecule has 5 aromatic rings. The molecule has 2 aliphatic heterocycles. The molecule has 0 saturated carbocycles. The van der Waals surface area contributed by atoms with Gasteiger partial charge in [-0.1, -0.05) is 36.4 Å². The Morgan fingerprint density at radius 1 is 0.806 bits per heavy atom. The molecule has 7 rings (SSSR count). The van der Waals surface area contributed by atoms with Gasteiger partial charge >= 0.3 is 0 Å². The lowest BCUT2D eigenvalue weighted by Crippen LogP contribution is -2.43. The van der Waals surface area contributed by atoms with E-state index >= 15 is 0 Å². The summed E-state index contributed by atoms with van der Waals surface area (Å²) >= 11 is 0. The van der Waals surface area contributed by atoms with E-state index in [0.717, 1.165) is 54.2 Å². The fraction of sp³-hybridized carbons (Fsp3) is 0.286. The fourth-order valence-electron chi connectivity index (χ4n) is 5.79. The summed E-state index contributed by atoms with van der Waals surface area (Å²) in [6, 6.07) is 15.3. The van der Waals surface area contributed by atoms with Gasteiger partial charge in [0.2, 0.25) is 5.95 Å². The van der Waals surface area contributed by atoms with Crippen molar-refractivity contribution >= 4 is 17.2 Å². The van der Waals surface area contributed by atoms with Crippen molar-refractivity contribution in [2.75, 3.05) is 29.4 Å². The Morgan fingerprint density at radius 2 is 1.67 bits per heavy atom.